The normalized spacial score (nSPS) is 25.9. The molecule has 5 heteroatoms. The van der Waals surface area contributed by atoms with Gasteiger partial charge in [0.1, 0.15) is 5.52 Å². The van der Waals surface area contributed by atoms with Gasteiger partial charge in [-0.2, -0.15) is 4.98 Å². The lowest BCUT2D eigenvalue weighted by molar-refractivity contribution is -0.123. The van der Waals surface area contributed by atoms with E-state index in [-0.39, 0.29) is 18.0 Å². The van der Waals surface area contributed by atoms with Crippen molar-refractivity contribution in [3.8, 4) is 0 Å². The van der Waals surface area contributed by atoms with Gasteiger partial charge in [0.15, 0.2) is 5.58 Å². The summed E-state index contributed by atoms with van der Waals surface area (Å²) in [4.78, 5) is 16.1. The molecule has 0 spiro atoms. The number of oxazole rings is 1. The molecule has 1 aromatic heterocycles. The van der Waals surface area contributed by atoms with E-state index in [1.54, 1.807) is 0 Å². The van der Waals surface area contributed by atoms with Gasteiger partial charge in [0.05, 0.1) is 12.1 Å². The molecule has 1 aliphatic heterocycles. The topological polar surface area (TPSA) is 67.2 Å². The average molecular weight is 285 g/mol. The number of carbonyl (C=O) groups excluding carboxylic acids is 1. The van der Waals surface area contributed by atoms with Crippen LogP contribution in [0.25, 0.3) is 11.1 Å². The van der Waals surface area contributed by atoms with Crippen LogP contribution in [0.3, 0.4) is 0 Å². The van der Waals surface area contributed by atoms with Gasteiger partial charge in [-0.3, -0.25) is 4.79 Å². The highest BCUT2D eigenvalue weighted by atomic mass is 16.4. The maximum atomic E-state index is 11.6. The molecule has 1 aromatic carbocycles. The van der Waals surface area contributed by atoms with Crippen molar-refractivity contribution in [3.63, 3.8) is 0 Å². The van der Waals surface area contributed by atoms with Gasteiger partial charge in [-0.1, -0.05) is 12.1 Å². The molecule has 0 bridgehead atoms. The number of benzene rings is 1. The lowest BCUT2D eigenvalue weighted by Crippen LogP contribution is -2.52. The molecule has 1 aliphatic carbocycles. The Balaban J connectivity index is 1.58. The number of hydrogen-bond acceptors (Lipinski definition) is 4. The number of para-hydroxylation sites is 1. The summed E-state index contributed by atoms with van der Waals surface area (Å²) in [5, 5.41) is 6.52. The van der Waals surface area contributed by atoms with Crippen LogP contribution < -0.4 is 10.6 Å². The molecule has 2 N–H and O–H groups in total. The van der Waals surface area contributed by atoms with Crippen LogP contribution in [0, 0.1) is 12.8 Å². The number of hydrogen-bond donors (Lipinski definition) is 2. The van der Waals surface area contributed by atoms with Gasteiger partial charge < -0.3 is 15.1 Å². The van der Waals surface area contributed by atoms with Crippen LogP contribution in [0.4, 0.5) is 6.01 Å². The van der Waals surface area contributed by atoms with Crippen LogP contribution in [-0.4, -0.2) is 23.0 Å². The summed E-state index contributed by atoms with van der Waals surface area (Å²) in [6.45, 7) is 2.02. The van der Waals surface area contributed by atoms with Crippen LogP contribution in [0.1, 0.15) is 31.2 Å². The van der Waals surface area contributed by atoms with E-state index < -0.39 is 0 Å². The first-order chi connectivity index (χ1) is 10.2. The van der Waals surface area contributed by atoms with E-state index in [0.717, 1.165) is 23.1 Å². The van der Waals surface area contributed by atoms with Crippen molar-refractivity contribution in [2.75, 3.05) is 5.32 Å². The lowest BCUT2D eigenvalue weighted by Gasteiger charge is -2.32. The number of nitrogens with one attached hydrogen (secondary N) is 2. The third-order valence-corrected chi connectivity index (χ3v) is 4.49. The fraction of sp³-hybridized carbons (Fsp3) is 0.500. The van der Waals surface area contributed by atoms with Crippen molar-refractivity contribution >= 4 is 23.0 Å². The lowest BCUT2D eigenvalue weighted by atomic mass is 9.94. The van der Waals surface area contributed by atoms with Crippen molar-refractivity contribution in [2.24, 2.45) is 5.92 Å². The molecule has 1 saturated carbocycles. The Bertz CT molecular complexity index is 690. The molecule has 1 amide bonds. The smallest absolute Gasteiger partial charge is 0.295 e. The minimum atomic E-state index is 0.165. The van der Waals surface area contributed by atoms with Crippen molar-refractivity contribution in [1.82, 2.24) is 10.3 Å². The fourth-order valence-electron chi connectivity index (χ4n) is 3.20. The van der Waals surface area contributed by atoms with Crippen LogP contribution in [0.2, 0.25) is 0 Å². The van der Waals surface area contributed by atoms with E-state index in [1.807, 2.05) is 25.1 Å². The Morgan fingerprint density at radius 1 is 1.33 bits per heavy atom. The Morgan fingerprint density at radius 3 is 2.95 bits per heavy atom. The van der Waals surface area contributed by atoms with Gasteiger partial charge in [-0.15, -0.1) is 0 Å². The monoisotopic (exact) mass is 285 g/mol. The van der Waals surface area contributed by atoms with Crippen LogP contribution in [-0.2, 0) is 4.79 Å². The third kappa shape index (κ3) is 2.37. The number of anilines is 1. The van der Waals surface area contributed by atoms with Gasteiger partial charge in [0, 0.05) is 6.42 Å². The molecular weight excluding hydrogens is 266 g/mol. The van der Waals surface area contributed by atoms with Crippen molar-refractivity contribution in [2.45, 2.75) is 44.7 Å². The first-order valence-corrected chi connectivity index (χ1v) is 7.63. The number of amides is 1. The molecule has 2 fully saturated rings. The first-order valence-electron chi connectivity index (χ1n) is 7.63. The molecule has 110 valence electrons. The van der Waals surface area contributed by atoms with E-state index in [9.17, 15) is 4.79 Å². The summed E-state index contributed by atoms with van der Waals surface area (Å²) in [6, 6.07) is 6.94. The van der Waals surface area contributed by atoms with E-state index in [1.165, 1.54) is 12.8 Å². The van der Waals surface area contributed by atoms with E-state index in [2.05, 4.69) is 15.6 Å². The zero-order chi connectivity index (χ0) is 14.4. The quantitative estimate of drug-likeness (QED) is 0.909. The van der Waals surface area contributed by atoms with Gasteiger partial charge in [-0.25, -0.2) is 0 Å². The summed E-state index contributed by atoms with van der Waals surface area (Å²) in [5.41, 5.74) is 2.80. The van der Waals surface area contributed by atoms with E-state index in [0.29, 0.717) is 18.4 Å². The predicted octanol–water partition coefficient (Wildman–Crippen LogP) is 2.61. The second-order valence-electron chi connectivity index (χ2n) is 6.16. The molecule has 0 unspecified atom stereocenters. The summed E-state index contributed by atoms with van der Waals surface area (Å²) >= 11 is 0. The number of rotatable bonds is 3. The zero-order valence-electron chi connectivity index (χ0n) is 12.1. The Morgan fingerprint density at radius 2 is 2.19 bits per heavy atom. The number of aryl methyl sites for hydroxylation is 1. The molecule has 2 heterocycles. The van der Waals surface area contributed by atoms with E-state index in [4.69, 9.17) is 4.42 Å². The van der Waals surface area contributed by atoms with Gasteiger partial charge >= 0.3 is 0 Å². The maximum Gasteiger partial charge on any atom is 0.295 e. The average Bonchev–Trinajstić information content (AvgIpc) is 3.22. The minimum absolute atomic E-state index is 0.165. The third-order valence-electron chi connectivity index (χ3n) is 4.49. The minimum Gasteiger partial charge on any atom is -0.423 e. The van der Waals surface area contributed by atoms with Crippen LogP contribution in [0.15, 0.2) is 22.6 Å². The molecule has 2 atom stereocenters. The highest BCUT2D eigenvalue weighted by molar-refractivity contribution is 5.79. The maximum absolute atomic E-state index is 11.6. The van der Waals surface area contributed by atoms with Gasteiger partial charge in [0.25, 0.3) is 6.01 Å². The van der Waals surface area contributed by atoms with Crippen molar-refractivity contribution in [3.05, 3.63) is 23.8 Å². The summed E-state index contributed by atoms with van der Waals surface area (Å²) in [6.07, 6.45) is 3.82. The van der Waals surface area contributed by atoms with Crippen LogP contribution >= 0.6 is 0 Å². The van der Waals surface area contributed by atoms with Gasteiger partial charge in [0.2, 0.25) is 5.91 Å². The Kier molecular flexibility index (Phi) is 2.87. The molecule has 21 heavy (non-hydrogen) atoms. The zero-order valence-corrected chi connectivity index (χ0v) is 12.1. The largest absolute Gasteiger partial charge is 0.423 e. The molecule has 0 radical (unpaired) electrons. The number of carbonyl (C=O) groups is 1. The summed E-state index contributed by atoms with van der Waals surface area (Å²) in [5.74, 6) is 0.774. The number of nitrogens with zero attached hydrogens (tertiary/aromatic N) is 1. The SMILES string of the molecule is Cc1cccc2nc(N[C@@H]3CCC(=O)N[C@H]3C3CC3)oc12. The standard InChI is InChI=1S/C16H19N3O2/c1-9-3-2-4-12-15(9)21-16(18-12)17-11-7-8-13(20)19-14(11)10-5-6-10/h2-4,10-11,14H,5-8H2,1H3,(H,17,18)(H,19,20)/t11-,14+/m1/s1. The number of aromatic nitrogens is 1. The molecule has 4 rings (SSSR count). The van der Waals surface area contributed by atoms with Gasteiger partial charge in [-0.05, 0) is 43.7 Å². The molecule has 5 nitrogen and oxygen atoms in total. The molecule has 2 aliphatic rings. The highest BCUT2D eigenvalue weighted by Gasteiger charge is 2.40. The second kappa shape index (κ2) is 4.76. The summed E-state index contributed by atoms with van der Waals surface area (Å²) in [7, 11) is 0. The fourth-order valence-corrected chi connectivity index (χ4v) is 3.20. The first kappa shape index (κ1) is 12.7. The Hall–Kier alpha value is -2.04. The highest BCUT2D eigenvalue weighted by Crippen LogP contribution is 2.37. The van der Waals surface area contributed by atoms with E-state index >= 15 is 0 Å². The molecular formula is C16H19N3O2. The second-order valence-corrected chi connectivity index (χ2v) is 6.16. The molecule has 2 aromatic rings. The predicted molar refractivity (Wildman–Crippen MR) is 80.0 cm³/mol. The number of piperidine rings is 1. The van der Waals surface area contributed by atoms with Crippen molar-refractivity contribution in [1.29, 1.82) is 0 Å². The Labute approximate surface area is 123 Å². The van der Waals surface area contributed by atoms with Crippen molar-refractivity contribution < 1.29 is 9.21 Å². The van der Waals surface area contributed by atoms with Crippen LogP contribution in [0.5, 0.6) is 0 Å². The molecule has 1 saturated heterocycles. The summed E-state index contributed by atoms with van der Waals surface area (Å²) < 4.78 is 5.84. The number of fused-ring (bicyclic) bond motifs is 1.